The van der Waals surface area contributed by atoms with Gasteiger partial charge in [0.15, 0.2) is 0 Å². The summed E-state index contributed by atoms with van der Waals surface area (Å²) in [5, 5.41) is 8.11. The Labute approximate surface area is 180 Å². The Kier molecular flexibility index (Phi) is 4.97. The number of aromatic nitrogens is 5. The lowest BCUT2D eigenvalue weighted by atomic mass is 10.1. The van der Waals surface area contributed by atoms with Crippen molar-refractivity contribution >= 4 is 16.6 Å². The lowest BCUT2D eigenvalue weighted by Gasteiger charge is -2.29. The molecule has 4 aromatic rings. The van der Waals surface area contributed by atoms with Gasteiger partial charge in [-0.2, -0.15) is 5.10 Å². The Hall–Kier alpha value is -3.55. The maximum Gasteiger partial charge on any atom is 0.254 e. The molecular weight excluding hydrogens is 392 g/mol. The van der Waals surface area contributed by atoms with E-state index >= 15 is 0 Å². The van der Waals surface area contributed by atoms with E-state index in [1.807, 2.05) is 42.1 Å². The Morgan fingerprint density at radius 2 is 2.00 bits per heavy atom. The molecule has 0 bridgehead atoms. The number of rotatable bonds is 5. The van der Waals surface area contributed by atoms with Gasteiger partial charge < -0.3 is 14.2 Å². The standard InChI is InChI=1S/C23H26N6O2/c1-16(29-9-6-17(10-23(29)30)27-7-4-3-5-8-27)28-14-22(24-15-28)19-11-18(31-2)12-21-20(19)13-25-26-21/h6,9-16H,3-5,7-8H2,1-2H3,(H,25,26). The third-order valence-corrected chi connectivity index (χ3v) is 6.13. The summed E-state index contributed by atoms with van der Waals surface area (Å²) < 4.78 is 9.10. The highest BCUT2D eigenvalue weighted by Crippen LogP contribution is 2.31. The minimum Gasteiger partial charge on any atom is -0.497 e. The molecule has 5 rings (SSSR count). The van der Waals surface area contributed by atoms with E-state index in [1.54, 1.807) is 30.3 Å². The summed E-state index contributed by atoms with van der Waals surface area (Å²) in [5.74, 6) is 0.735. The van der Waals surface area contributed by atoms with Crippen molar-refractivity contribution in [3.8, 4) is 17.0 Å². The number of H-pyrrole nitrogens is 1. The zero-order chi connectivity index (χ0) is 21.4. The van der Waals surface area contributed by atoms with Crippen molar-refractivity contribution in [3.63, 3.8) is 0 Å². The Bertz CT molecular complexity index is 1260. The Balaban J connectivity index is 1.45. The molecule has 0 spiro atoms. The monoisotopic (exact) mass is 418 g/mol. The number of methoxy groups -OCH3 is 1. The van der Waals surface area contributed by atoms with Crippen LogP contribution in [0.3, 0.4) is 0 Å². The van der Waals surface area contributed by atoms with Gasteiger partial charge in [0.25, 0.3) is 5.56 Å². The SMILES string of the molecule is COc1cc(-c2cn(C(C)n3ccc(N4CCCCC4)cc3=O)cn2)c2cn[nH]c2c1. The molecule has 1 fully saturated rings. The lowest BCUT2D eigenvalue weighted by Crippen LogP contribution is -2.32. The summed E-state index contributed by atoms with van der Waals surface area (Å²) in [7, 11) is 1.64. The van der Waals surface area contributed by atoms with E-state index in [2.05, 4.69) is 20.1 Å². The third kappa shape index (κ3) is 3.58. The predicted molar refractivity (Wildman–Crippen MR) is 121 cm³/mol. The molecule has 8 heteroatoms. The number of piperidine rings is 1. The number of anilines is 1. The number of fused-ring (bicyclic) bond motifs is 1. The molecule has 0 saturated carbocycles. The molecule has 160 valence electrons. The van der Waals surface area contributed by atoms with Crippen LogP contribution in [-0.2, 0) is 0 Å². The normalized spacial score (nSPS) is 15.4. The molecule has 8 nitrogen and oxygen atoms in total. The molecule has 1 atom stereocenters. The van der Waals surface area contributed by atoms with E-state index < -0.39 is 0 Å². The summed E-state index contributed by atoms with van der Waals surface area (Å²) in [6.07, 6.45) is 10.8. The second-order valence-electron chi connectivity index (χ2n) is 8.02. The highest BCUT2D eigenvalue weighted by atomic mass is 16.5. The number of hydrogen-bond acceptors (Lipinski definition) is 5. The van der Waals surface area contributed by atoms with E-state index in [0.717, 1.165) is 46.7 Å². The van der Waals surface area contributed by atoms with Gasteiger partial charge in [-0.15, -0.1) is 0 Å². The van der Waals surface area contributed by atoms with E-state index in [1.165, 1.54) is 19.3 Å². The summed E-state index contributed by atoms with van der Waals surface area (Å²) in [6.45, 7) is 4.03. The van der Waals surface area contributed by atoms with Crippen LogP contribution in [0, 0.1) is 0 Å². The smallest absolute Gasteiger partial charge is 0.254 e. The molecule has 1 unspecified atom stereocenters. The Morgan fingerprint density at radius 1 is 1.16 bits per heavy atom. The number of ether oxygens (including phenoxy) is 1. The highest BCUT2D eigenvalue weighted by molar-refractivity contribution is 5.94. The molecule has 1 aliphatic heterocycles. The first-order chi connectivity index (χ1) is 15.1. The number of benzene rings is 1. The molecule has 0 aliphatic carbocycles. The fourth-order valence-electron chi connectivity index (χ4n) is 4.32. The van der Waals surface area contributed by atoms with Gasteiger partial charge in [-0.25, -0.2) is 4.98 Å². The zero-order valence-corrected chi connectivity index (χ0v) is 17.8. The van der Waals surface area contributed by atoms with E-state index in [4.69, 9.17) is 4.74 Å². The number of nitrogens with zero attached hydrogens (tertiary/aromatic N) is 5. The van der Waals surface area contributed by atoms with Gasteiger partial charge in [-0.05, 0) is 38.3 Å². The summed E-state index contributed by atoms with van der Waals surface area (Å²) in [4.78, 5) is 19.8. The second kappa shape index (κ2) is 7.94. The predicted octanol–water partition coefficient (Wildman–Crippen LogP) is 3.65. The van der Waals surface area contributed by atoms with Crippen LogP contribution in [0.15, 0.2) is 54.0 Å². The van der Waals surface area contributed by atoms with E-state index in [9.17, 15) is 4.79 Å². The number of hydrogen-bond donors (Lipinski definition) is 1. The molecule has 1 aromatic carbocycles. The lowest BCUT2D eigenvalue weighted by molar-refractivity contribution is 0.415. The van der Waals surface area contributed by atoms with Crippen LogP contribution in [-0.4, -0.2) is 44.5 Å². The molecule has 1 aliphatic rings. The zero-order valence-electron chi connectivity index (χ0n) is 17.8. The molecule has 4 heterocycles. The topological polar surface area (TPSA) is 81.0 Å². The van der Waals surface area contributed by atoms with Gasteiger partial charge in [-0.1, -0.05) is 0 Å². The molecule has 1 saturated heterocycles. The highest BCUT2D eigenvalue weighted by Gasteiger charge is 2.16. The summed E-state index contributed by atoms with van der Waals surface area (Å²) in [5.41, 5.74) is 3.63. The molecule has 31 heavy (non-hydrogen) atoms. The first kappa shape index (κ1) is 19.4. The average Bonchev–Trinajstić information content (AvgIpc) is 3.48. The first-order valence-corrected chi connectivity index (χ1v) is 10.7. The minimum absolute atomic E-state index is 0.00979. The first-order valence-electron chi connectivity index (χ1n) is 10.7. The van der Waals surface area contributed by atoms with Crippen molar-refractivity contribution in [1.29, 1.82) is 0 Å². The van der Waals surface area contributed by atoms with Crippen LogP contribution in [0.5, 0.6) is 5.75 Å². The largest absolute Gasteiger partial charge is 0.497 e. The Morgan fingerprint density at radius 3 is 2.77 bits per heavy atom. The van der Waals surface area contributed by atoms with Crippen molar-refractivity contribution in [2.24, 2.45) is 0 Å². The second-order valence-corrected chi connectivity index (χ2v) is 8.02. The molecule has 3 aromatic heterocycles. The van der Waals surface area contributed by atoms with Crippen LogP contribution in [0.25, 0.3) is 22.2 Å². The maximum atomic E-state index is 12.9. The quantitative estimate of drug-likeness (QED) is 0.535. The summed E-state index contributed by atoms with van der Waals surface area (Å²) in [6, 6.07) is 7.65. The van der Waals surface area contributed by atoms with Crippen LogP contribution in [0.1, 0.15) is 32.4 Å². The van der Waals surface area contributed by atoms with Crippen molar-refractivity contribution in [3.05, 3.63) is 59.5 Å². The van der Waals surface area contributed by atoms with Crippen molar-refractivity contribution in [2.45, 2.75) is 32.4 Å². The van der Waals surface area contributed by atoms with Gasteiger partial charge >= 0.3 is 0 Å². The van der Waals surface area contributed by atoms with E-state index in [-0.39, 0.29) is 11.7 Å². The van der Waals surface area contributed by atoms with E-state index in [0.29, 0.717) is 0 Å². The maximum absolute atomic E-state index is 12.9. The molecule has 0 radical (unpaired) electrons. The van der Waals surface area contributed by atoms with Crippen LogP contribution in [0.2, 0.25) is 0 Å². The van der Waals surface area contributed by atoms with Crippen molar-refractivity contribution in [1.82, 2.24) is 24.3 Å². The summed E-state index contributed by atoms with van der Waals surface area (Å²) >= 11 is 0. The molecular formula is C23H26N6O2. The molecule has 0 amide bonds. The third-order valence-electron chi connectivity index (χ3n) is 6.13. The van der Waals surface area contributed by atoms with Crippen LogP contribution < -0.4 is 15.2 Å². The van der Waals surface area contributed by atoms with Gasteiger partial charge in [0, 0.05) is 54.3 Å². The number of nitrogens with one attached hydrogen (secondary N) is 1. The van der Waals surface area contributed by atoms with Gasteiger partial charge in [0.05, 0.1) is 30.8 Å². The van der Waals surface area contributed by atoms with Crippen LogP contribution in [0.4, 0.5) is 5.69 Å². The minimum atomic E-state index is -0.199. The van der Waals surface area contributed by atoms with Crippen molar-refractivity contribution < 1.29 is 4.74 Å². The van der Waals surface area contributed by atoms with Crippen molar-refractivity contribution in [2.75, 3.05) is 25.1 Å². The van der Waals surface area contributed by atoms with Gasteiger partial charge in [0.2, 0.25) is 0 Å². The fraction of sp³-hybridized carbons (Fsp3) is 0.348. The van der Waals surface area contributed by atoms with Gasteiger partial charge in [0.1, 0.15) is 11.9 Å². The number of pyridine rings is 1. The fourth-order valence-corrected chi connectivity index (χ4v) is 4.32. The number of aromatic amines is 1. The number of imidazole rings is 1. The molecule has 1 N–H and O–H groups in total. The van der Waals surface area contributed by atoms with Gasteiger partial charge in [-0.3, -0.25) is 14.5 Å². The van der Waals surface area contributed by atoms with Crippen LogP contribution >= 0.6 is 0 Å². The average molecular weight is 419 g/mol.